The number of aromatic nitrogens is 1. The van der Waals surface area contributed by atoms with Crippen molar-refractivity contribution in [2.45, 2.75) is 58.3 Å². The summed E-state index contributed by atoms with van der Waals surface area (Å²) in [5.41, 5.74) is 2.08. The van der Waals surface area contributed by atoms with Gasteiger partial charge in [-0.1, -0.05) is 55.2 Å². The number of likely N-dealkylation sites (tertiary alicyclic amines) is 1. The number of carbonyl (C=O) groups excluding carboxylic acids is 1. The van der Waals surface area contributed by atoms with Gasteiger partial charge in [-0.15, -0.1) is 0 Å². The number of halogens is 4. The molecule has 2 aromatic carbocycles. The van der Waals surface area contributed by atoms with Gasteiger partial charge in [-0.3, -0.25) is 14.6 Å². The molecular weight excluding hydrogens is 591 g/mol. The molecule has 3 heterocycles. The van der Waals surface area contributed by atoms with E-state index in [2.05, 4.69) is 51.0 Å². The van der Waals surface area contributed by atoms with Gasteiger partial charge in [0.05, 0.1) is 10.6 Å². The summed E-state index contributed by atoms with van der Waals surface area (Å²) in [5, 5.41) is 3.92. The number of benzene rings is 2. The fraction of sp³-hybridized carbons (Fsp3) is 0.455. The van der Waals surface area contributed by atoms with Gasteiger partial charge in [0.15, 0.2) is 11.6 Å². The zero-order chi connectivity index (χ0) is 30.5. The number of pyridine rings is 1. The first-order valence-corrected chi connectivity index (χ1v) is 15.8. The molecular formula is C33H39Cl2F2N5O. The molecule has 1 N–H and O–H groups in total. The number of hydrogen-bond donors (Lipinski definition) is 1. The summed E-state index contributed by atoms with van der Waals surface area (Å²) in [7, 11) is 0. The molecule has 1 amide bonds. The van der Waals surface area contributed by atoms with Gasteiger partial charge >= 0.3 is 0 Å². The Kier molecular flexibility index (Phi) is 10.5. The van der Waals surface area contributed by atoms with Crippen LogP contribution in [-0.2, 0) is 13.1 Å². The van der Waals surface area contributed by atoms with Gasteiger partial charge in [-0.25, -0.2) is 13.8 Å². The van der Waals surface area contributed by atoms with E-state index in [4.69, 9.17) is 23.2 Å². The zero-order valence-corrected chi connectivity index (χ0v) is 26.2. The first kappa shape index (κ1) is 31.6. The number of piperazine rings is 1. The fourth-order valence-corrected chi connectivity index (χ4v) is 6.69. The third kappa shape index (κ3) is 8.24. The van der Waals surface area contributed by atoms with Crippen molar-refractivity contribution >= 4 is 34.9 Å². The summed E-state index contributed by atoms with van der Waals surface area (Å²) in [5.74, 6) is -1.01. The number of carbonyl (C=O) groups is 1. The highest BCUT2D eigenvalue weighted by Gasteiger charge is 2.35. The molecule has 0 bridgehead atoms. The van der Waals surface area contributed by atoms with Crippen LogP contribution in [0.4, 0.5) is 14.6 Å². The second-order valence-corrected chi connectivity index (χ2v) is 12.9. The molecule has 0 unspecified atom stereocenters. The van der Waals surface area contributed by atoms with Gasteiger partial charge in [-0.05, 0) is 79.7 Å². The molecule has 2 aliphatic rings. The molecule has 6 nitrogen and oxygen atoms in total. The lowest BCUT2D eigenvalue weighted by Crippen LogP contribution is -2.59. The minimum absolute atomic E-state index is 0.0638. The van der Waals surface area contributed by atoms with Crippen molar-refractivity contribution < 1.29 is 13.6 Å². The van der Waals surface area contributed by atoms with E-state index in [0.29, 0.717) is 40.0 Å². The molecule has 230 valence electrons. The number of amides is 1. The Bertz CT molecular complexity index is 1400. The Balaban J connectivity index is 1.18. The second-order valence-electron chi connectivity index (χ2n) is 12.1. The lowest BCUT2D eigenvalue weighted by atomic mass is 9.94. The second kappa shape index (κ2) is 14.3. The fourth-order valence-electron chi connectivity index (χ4n) is 6.28. The molecule has 3 aromatic rings. The van der Waals surface area contributed by atoms with Gasteiger partial charge in [0.2, 0.25) is 0 Å². The van der Waals surface area contributed by atoms with Crippen molar-refractivity contribution in [3.05, 3.63) is 93.1 Å². The lowest BCUT2D eigenvalue weighted by Gasteiger charge is -2.48. The Morgan fingerprint density at radius 3 is 2.37 bits per heavy atom. The molecule has 0 aliphatic carbocycles. The maximum atomic E-state index is 13.5. The van der Waals surface area contributed by atoms with E-state index in [1.165, 1.54) is 17.8 Å². The third-order valence-electron chi connectivity index (χ3n) is 8.44. The van der Waals surface area contributed by atoms with E-state index in [9.17, 15) is 13.6 Å². The maximum absolute atomic E-state index is 13.5. The number of rotatable bonds is 9. The van der Waals surface area contributed by atoms with Gasteiger partial charge in [0, 0.05) is 56.0 Å². The summed E-state index contributed by atoms with van der Waals surface area (Å²) >= 11 is 12.7. The summed E-state index contributed by atoms with van der Waals surface area (Å²) in [6.45, 7) is 10.3. The topological polar surface area (TPSA) is 51.7 Å². The third-order valence-corrected chi connectivity index (χ3v) is 8.97. The van der Waals surface area contributed by atoms with Crippen molar-refractivity contribution in [1.29, 1.82) is 0 Å². The quantitative estimate of drug-likeness (QED) is 0.282. The van der Waals surface area contributed by atoms with E-state index in [1.807, 2.05) is 12.1 Å². The number of anilines is 1. The minimum atomic E-state index is -0.948. The number of hydrogen-bond acceptors (Lipinski definition) is 5. The van der Waals surface area contributed by atoms with E-state index >= 15 is 0 Å². The van der Waals surface area contributed by atoms with Gasteiger partial charge in [0.1, 0.15) is 5.82 Å². The van der Waals surface area contributed by atoms with E-state index in [1.54, 1.807) is 6.07 Å². The van der Waals surface area contributed by atoms with Gasteiger partial charge in [0.25, 0.3) is 5.91 Å². The van der Waals surface area contributed by atoms with Gasteiger partial charge < -0.3 is 10.2 Å². The predicted molar refractivity (Wildman–Crippen MR) is 169 cm³/mol. The van der Waals surface area contributed by atoms with Crippen molar-refractivity contribution in [3.8, 4) is 0 Å². The lowest BCUT2D eigenvalue weighted by molar-refractivity contribution is 0.0545. The van der Waals surface area contributed by atoms with Crippen molar-refractivity contribution in [1.82, 2.24) is 20.1 Å². The van der Waals surface area contributed by atoms with E-state index < -0.39 is 11.6 Å². The van der Waals surface area contributed by atoms with E-state index in [-0.39, 0.29) is 12.5 Å². The van der Waals surface area contributed by atoms with Crippen molar-refractivity contribution in [2.24, 2.45) is 5.92 Å². The van der Waals surface area contributed by atoms with Crippen LogP contribution in [-0.4, -0.2) is 65.5 Å². The minimum Gasteiger partial charge on any atom is -0.353 e. The SMILES string of the molecule is CC(C)C[C@H]1CN(c2ncc(C(=O)NCc3ccc(F)c(F)c3)cc2Cl)CCN1C1CCN(Cc2ccc(Cl)cc2)CC1. The predicted octanol–water partition coefficient (Wildman–Crippen LogP) is 6.80. The Morgan fingerprint density at radius 1 is 0.977 bits per heavy atom. The standard InChI is InChI=1S/C33H39Cl2F2N5O/c1-22(2)15-28-21-41(13-14-42(28)27-9-11-40(12-10-27)20-23-3-6-26(34)7-4-23)32-29(35)17-25(19-38-32)33(43)39-18-24-5-8-30(36)31(37)16-24/h3-8,16-17,19,22,27-28H,9-15,18,20-21H2,1-2H3,(H,39,43)/t28-/m0/s1. The Labute approximate surface area is 263 Å². The molecule has 10 heteroatoms. The molecule has 5 rings (SSSR count). The van der Waals surface area contributed by atoms with Crippen LogP contribution < -0.4 is 10.2 Å². The number of nitrogens with zero attached hydrogens (tertiary/aromatic N) is 4. The molecule has 0 spiro atoms. The average molecular weight is 631 g/mol. The summed E-state index contributed by atoms with van der Waals surface area (Å²) in [6, 6.07) is 14.3. The highest BCUT2D eigenvalue weighted by Crippen LogP contribution is 2.31. The first-order chi connectivity index (χ1) is 20.7. The molecule has 0 radical (unpaired) electrons. The molecule has 0 saturated carbocycles. The number of nitrogens with one attached hydrogen (secondary N) is 1. The molecule has 2 fully saturated rings. The normalized spacial score (nSPS) is 18.8. The highest BCUT2D eigenvalue weighted by atomic mass is 35.5. The molecule has 43 heavy (non-hydrogen) atoms. The van der Waals surface area contributed by atoms with Crippen molar-refractivity contribution in [2.75, 3.05) is 37.6 Å². The van der Waals surface area contributed by atoms with Crippen LogP contribution in [0.5, 0.6) is 0 Å². The largest absolute Gasteiger partial charge is 0.353 e. The summed E-state index contributed by atoms with van der Waals surface area (Å²) in [6.07, 6.45) is 4.91. The van der Waals surface area contributed by atoms with Crippen LogP contribution in [0.2, 0.25) is 10.0 Å². The van der Waals surface area contributed by atoms with Crippen LogP contribution in [0.1, 0.15) is 54.6 Å². The van der Waals surface area contributed by atoms with Crippen LogP contribution in [0.25, 0.3) is 0 Å². The summed E-state index contributed by atoms with van der Waals surface area (Å²) in [4.78, 5) is 24.8. The average Bonchev–Trinajstić information content (AvgIpc) is 2.99. The number of piperidine rings is 1. The van der Waals surface area contributed by atoms with Crippen molar-refractivity contribution in [3.63, 3.8) is 0 Å². The summed E-state index contributed by atoms with van der Waals surface area (Å²) < 4.78 is 26.7. The molecule has 1 atom stereocenters. The van der Waals surface area contributed by atoms with E-state index in [0.717, 1.165) is 75.7 Å². The maximum Gasteiger partial charge on any atom is 0.253 e. The Hall–Kier alpha value is -2.78. The zero-order valence-electron chi connectivity index (χ0n) is 24.7. The molecule has 1 aromatic heterocycles. The Morgan fingerprint density at radius 2 is 1.70 bits per heavy atom. The molecule has 2 aliphatic heterocycles. The monoisotopic (exact) mass is 629 g/mol. The van der Waals surface area contributed by atoms with Gasteiger partial charge in [-0.2, -0.15) is 0 Å². The van der Waals surface area contributed by atoms with Crippen LogP contribution in [0, 0.1) is 17.6 Å². The van der Waals surface area contributed by atoms with Crippen LogP contribution in [0.15, 0.2) is 54.7 Å². The highest BCUT2D eigenvalue weighted by molar-refractivity contribution is 6.33. The van der Waals surface area contributed by atoms with Crippen LogP contribution >= 0.6 is 23.2 Å². The van der Waals surface area contributed by atoms with Crippen LogP contribution in [0.3, 0.4) is 0 Å². The molecule has 2 saturated heterocycles. The first-order valence-electron chi connectivity index (χ1n) is 15.0. The smallest absolute Gasteiger partial charge is 0.253 e.